The minimum atomic E-state index is -0.909. The molecule has 96 valence electrons. The van der Waals surface area contributed by atoms with Crippen LogP contribution in [-0.4, -0.2) is 0 Å². The molecule has 6 heteroatoms. The molecule has 1 aromatic carbocycles. The fourth-order valence-corrected chi connectivity index (χ4v) is 3.29. The number of rotatable bonds is 2. The lowest BCUT2D eigenvalue weighted by Crippen LogP contribution is -2.15. The second-order valence-corrected chi connectivity index (χ2v) is 5.98. The average molecular weight is 353 g/mol. The normalized spacial score (nSPS) is 12.8. The van der Waals surface area contributed by atoms with Crippen LogP contribution in [0.1, 0.15) is 22.0 Å². The maximum atomic E-state index is 13.9. The van der Waals surface area contributed by atoms with Crippen molar-refractivity contribution in [2.24, 2.45) is 5.73 Å². The lowest BCUT2D eigenvalue weighted by atomic mass is 10.0. The van der Waals surface area contributed by atoms with Crippen molar-refractivity contribution in [3.05, 3.63) is 54.6 Å². The number of hydrogen-bond acceptors (Lipinski definition) is 2. The summed E-state index contributed by atoms with van der Waals surface area (Å²) in [6, 6.07) is 1.58. The zero-order chi connectivity index (χ0) is 13.4. The van der Waals surface area contributed by atoms with Gasteiger partial charge in [-0.05, 0) is 45.9 Å². The first kappa shape index (κ1) is 13.9. The largest absolute Gasteiger partial charge is 0.319 e. The lowest BCUT2D eigenvalue weighted by molar-refractivity contribution is 0.541. The molecule has 0 fully saturated rings. The maximum Gasteiger partial charge on any atom is 0.145 e. The van der Waals surface area contributed by atoms with Gasteiger partial charge in [0.2, 0.25) is 0 Å². The second-order valence-electron chi connectivity index (χ2n) is 3.83. The molecule has 1 heterocycles. The highest BCUT2D eigenvalue weighted by atomic mass is 79.9. The van der Waals surface area contributed by atoms with Gasteiger partial charge in [0.25, 0.3) is 0 Å². The van der Waals surface area contributed by atoms with Crippen LogP contribution in [0.15, 0.2) is 22.0 Å². The summed E-state index contributed by atoms with van der Waals surface area (Å²) >= 11 is 10.4. The van der Waals surface area contributed by atoms with Crippen molar-refractivity contribution in [3.63, 3.8) is 0 Å². The standard InChI is InChI=1S/C12H9BrClF2NS/c1-5-4-18-12(9(5)14)11(17)8-7(15)3-2-6(13)10(8)16/h2-4,11H,17H2,1H3. The van der Waals surface area contributed by atoms with E-state index < -0.39 is 17.7 Å². The van der Waals surface area contributed by atoms with Crippen LogP contribution < -0.4 is 5.73 Å². The van der Waals surface area contributed by atoms with E-state index in [1.165, 1.54) is 23.5 Å². The summed E-state index contributed by atoms with van der Waals surface area (Å²) in [5, 5.41) is 2.27. The quantitative estimate of drug-likeness (QED) is 0.772. The van der Waals surface area contributed by atoms with Gasteiger partial charge in [-0.3, -0.25) is 0 Å². The highest BCUT2D eigenvalue weighted by Gasteiger charge is 2.23. The third kappa shape index (κ3) is 2.32. The fourth-order valence-electron chi connectivity index (χ4n) is 1.62. The smallest absolute Gasteiger partial charge is 0.145 e. The zero-order valence-electron chi connectivity index (χ0n) is 9.31. The van der Waals surface area contributed by atoms with Gasteiger partial charge in [-0.1, -0.05) is 11.6 Å². The number of thiophene rings is 1. The molecule has 1 unspecified atom stereocenters. The number of halogens is 4. The molecule has 1 atom stereocenters. The van der Waals surface area contributed by atoms with Gasteiger partial charge in [0, 0.05) is 10.4 Å². The van der Waals surface area contributed by atoms with Gasteiger partial charge >= 0.3 is 0 Å². The predicted molar refractivity (Wildman–Crippen MR) is 74.2 cm³/mol. The van der Waals surface area contributed by atoms with E-state index in [2.05, 4.69) is 15.9 Å². The average Bonchev–Trinajstić information content (AvgIpc) is 2.65. The molecule has 1 aromatic heterocycles. The summed E-state index contributed by atoms with van der Waals surface area (Å²) in [5.41, 5.74) is 6.60. The van der Waals surface area contributed by atoms with E-state index in [-0.39, 0.29) is 10.0 Å². The van der Waals surface area contributed by atoms with Crippen LogP contribution >= 0.6 is 38.9 Å². The summed E-state index contributed by atoms with van der Waals surface area (Å²) in [6.45, 7) is 1.82. The molecule has 0 aliphatic rings. The van der Waals surface area contributed by atoms with Crippen LogP contribution in [0, 0.1) is 18.6 Å². The van der Waals surface area contributed by atoms with E-state index in [9.17, 15) is 8.78 Å². The van der Waals surface area contributed by atoms with Gasteiger partial charge < -0.3 is 5.73 Å². The Bertz CT molecular complexity index is 600. The first-order valence-electron chi connectivity index (χ1n) is 5.06. The molecule has 1 nitrogen and oxygen atoms in total. The van der Waals surface area contributed by atoms with Gasteiger partial charge in [-0.2, -0.15) is 0 Å². The van der Waals surface area contributed by atoms with E-state index in [1.54, 1.807) is 0 Å². The van der Waals surface area contributed by atoms with Crippen LogP contribution in [0.4, 0.5) is 8.78 Å². The van der Waals surface area contributed by atoms with Crippen molar-refractivity contribution in [2.75, 3.05) is 0 Å². The fraction of sp³-hybridized carbons (Fsp3) is 0.167. The van der Waals surface area contributed by atoms with Crippen LogP contribution in [0.3, 0.4) is 0 Å². The Morgan fingerprint density at radius 1 is 1.39 bits per heavy atom. The van der Waals surface area contributed by atoms with Gasteiger partial charge in [-0.25, -0.2) is 8.78 Å². The number of nitrogens with two attached hydrogens (primary N) is 1. The minimum Gasteiger partial charge on any atom is -0.319 e. The van der Waals surface area contributed by atoms with E-state index in [1.807, 2.05) is 12.3 Å². The monoisotopic (exact) mass is 351 g/mol. The summed E-state index contributed by atoms with van der Waals surface area (Å²) < 4.78 is 27.8. The molecule has 2 rings (SSSR count). The molecule has 0 saturated carbocycles. The third-order valence-electron chi connectivity index (χ3n) is 2.60. The van der Waals surface area contributed by atoms with Gasteiger partial charge in [0.05, 0.1) is 15.5 Å². The molecule has 2 N–H and O–H groups in total. The lowest BCUT2D eigenvalue weighted by Gasteiger charge is -2.14. The van der Waals surface area contributed by atoms with E-state index >= 15 is 0 Å². The molecule has 0 spiro atoms. The summed E-state index contributed by atoms with van der Waals surface area (Å²) in [6.07, 6.45) is 0. The molecule has 0 bridgehead atoms. The van der Waals surface area contributed by atoms with E-state index in [0.717, 1.165) is 5.56 Å². The van der Waals surface area contributed by atoms with Crippen molar-refractivity contribution in [1.29, 1.82) is 0 Å². The van der Waals surface area contributed by atoms with Gasteiger partial charge in [0.1, 0.15) is 11.6 Å². The number of aryl methyl sites for hydroxylation is 1. The Kier molecular flexibility index (Phi) is 4.06. The molecule has 0 saturated heterocycles. The Hall–Kier alpha value is -0.490. The van der Waals surface area contributed by atoms with E-state index in [0.29, 0.717) is 9.90 Å². The molecule has 0 aliphatic heterocycles. The number of benzene rings is 1. The Labute approximate surface area is 121 Å². The Balaban J connectivity index is 2.56. The van der Waals surface area contributed by atoms with Crippen molar-refractivity contribution in [3.8, 4) is 0 Å². The molecule has 0 amide bonds. The van der Waals surface area contributed by atoms with Crippen molar-refractivity contribution >= 4 is 38.9 Å². The Morgan fingerprint density at radius 2 is 2.06 bits per heavy atom. The highest BCUT2D eigenvalue weighted by molar-refractivity contribution is 9.10. The van der Waals surface area contributed by atoms with Gasteiger partial charge in [-0.15, -0.1) is 11.3 Å². The SMILES string of the molecule is Cc1csc(C(N)c2c(F)ccc(Br)c2F)c1Cl. The third-order valence-corrected chi connectivity index (χ3v) is 5.01. The molecule has 0 aliphatic carbocycles. The molecule has 0 radical (unpaired) electrons. The van der Waals surface area contributed by atoms with Crippen molar-refractivity contribution < 1.29 is 8.78 Å². The molecular weight excluding hydrogens is 344 g/mol. The first-order chi connectivity index (χ1) is 8.43. The van der Waals surface area contributed by atoms with Gasteiger partial charge in [0.15, 0.2) is 0 Å². The Morgan fingerprint density at radius 3 is 2.61 bits per heavy atom. The predicted octanol–water partition coefficient (Wildman–Crippen LogP) is 4.80. The first-order valence-corrected chi connectivity index (χ1v) is 7.11. The van der Waals surface area contributed by atoms with Crippen LogP contribution in [0.2, 0.25) is 5.02 Å². The van der Waals surface area contributed by atoms with Crippen molar-refractivity contribution in [1.82, 2.24) is 0 Å². The summed E-state index contributed by atoms with van der Waals surface area (Å²) in [4.78, 5) is 0.560. The molecule has 18 heavy (non-hydrogen) atoms. The van der Waals surface area contributed by atoms with Crippen molar-refractivity contribution in [2.45, 2.75) is 13.0 Å². The zero-order valence-corrected chi connectivity index (χ0v) is 12.5. The minimum absolute atomic E-state index is 0.173. The topological polar surface area (TPSA) is 26.0 Å². The van der Waals surface area contributed by atoms with E-state index in [4.69, 9.17) is 17.3 Å². The van der Waals surface area contributed by atoms with Crippen LogP contribution in [-0.2, 0) is 0 Å². The molecular formula is C12H9BrClF2NS. The van der Waals surface area contributed by atoms with Crippen LogP contribution in [0.25, 0.3) is 0 Å². The molecule has 2 aromatic rings. The maximum absolute atomic E-state index is 13.9. The highest BCUT2D eigenvalue weighted by Crippen LogP contribution is 2.37. The van der Waals surface area contributed by atoms with Crippen LogP contribution in [0.5, 0.6) is 0 Å². The summed E-state index contributed by atoms with van der Waals surface area (Å²) in [5.74, 6) is -1.37. The second kappa shape index (κ2) is 5.25. The summed E-state index contributed by atoms with van der Waals surface area (Å²) in [7, 11) is 0. The number of hydrogen-bond donors (Lipinski definition) is 1.